The molecule has 1 aromatic heterocycles. The number of aromatic amines is 1. The number of nitriles is 1. The minimum atomic E-state index is 0.569. The molecule has 22 heavy (non-hydrogen) atoms. The Balaban J connectivity index is 1.88. The molecule has 0 saturated heterocycles. The average Bonchev–Trinajstić information content (AvgIpc) is 3.11. The van der Waals surface area contributed by atoms with Gasteiger partial charge < -0.3 is 9.88 Å². The Morgan fingerprint density at radius 2 is 1.95 bits per heavy atom. The van der Waals surface area contributed by atoms with Crippen LogP contribution in [0.5, 0.6) is 0 Å². The van der Waals surface area contributed by atoms with Crippen LogP contribution in [0.2, 0.25) is 0 Å². The lowest BCUT2D eigenvalue weighted by atomic mass is 10.2. The molecule has 0 atom stereocenters. The number of allylic oxidation sites excluding steroid dienone is 1. The number of para-hydroxylation sites is 3. The topological polar surface area (TPSA) is 55.7 Å². The summed E-state index contributed by atoms with van der Waals surface area (Å²) in [6.45, 7) is 0. The molecular formula is C17H12N4S. The Morgan fingerprint density at radius 1 is 1.18 bits per heavy atom. The van der Waals surface area contributed by atoms with Gasteiger partial charge in [-0.15, -0.1) is 0 Å². The molecule has 0 spiro atoms. The van der Waals surface area contributed by atoms with Crippen LogP contribution in [0.15, 0.2) is 58.5 Å². The fourth-order valence-electron chi connectivity index (χ4n) is 2.59. The standard InChI is InChI=1S/C17H12N4S/c1-21-14-8-4-5-9-15(14)22-17(21)11(10-18)16-19-12-6-2-3-7-13(12)20-16/h2-9H,1H3,(H,19,20). The van der Waals surface area contributed by atoms with Crippen LogP contribution in [-0.2, 0) is 0 Å². The van der Waals surface area contributed by atoms with Crippen molar-refractivity contribution in [3.8, 4) is 6.07 Å². The SMILES string of the molecule is CN1C(=C(C#N)c2nc3ccccc3[nH]2)Sc2ccccc21. The van der Waals surface area contributed by atoms with Crippen molar-refractivity contribution in [2.75, 3.05) is 11.9 Å². The Morgan fingerprint density at radius 3 is 2.73 bits per heavy atom. The van der Waals surface area contributed by atoms with Crippen molar-refractivity contribution in [3.63, 3.8) is 0 Å². The van der Waals surface area contributed by atoms with Gasteiger partial charge in [0.2, 0.25) is 0 Å². The van der Waals surface area contributed by atoms with Gasteiger partial charge in [0.15, 0.2) is 5.82 Å². The molecular weight excluding hydrogens is 292 g/mol. The van der Waals surface area contributed by atoms with Crippen LogP contribution in [0.4, 0.5) is 5.69 Å². The zero-order valence-electron chi connectivity index (χ0n) is 11.9. The van der Waals surface area contributed by atoms with Crippen molar-refractivity contribution < 1.29 is 0 Å². The number of nitrogens with one attached hydrogen (secondary N) is 1. The van der Waals surface area contributed by atoms with Gasteiger partial charge in [-0.05, 0) is 24.3 Å². The Kier molecular flexibility index (Phi) is 2.91. The number of imidazole rings is 1. The molecule has 106 valence electrons. The van der Waals surface area contributed by atoms with Crippen molar-refractivity contribution in [3.05, 3.63) is 59.4 Å². The van der Waals surface area contributed by atoms with E-state index in [0.29, 0.717) is 11.4 Å². The second-order valence-electron chi connectivity index (χ2n) is 5.02. The first kappa shape index (κ1) is 13.0. The summed E-state index contributed by atoms with van der Waals surface area (Å²) in [4.78, 5) is 11.0. The van der Waals surface area contributed by atoms with E-state index in [9.17, 15) is 5.26 Å². The second-order valence-corrected chi connectivity index (χ2v) is 6.05. The van der Waals surface area contributed by atoms with E-state index in [4.69, 9.17) is 0 Å². The van der Waals surface area contributed by atoms with Crippen LogP contribution in [0.25, 0.3) is 16.6 Å². The van der Waals surface area contributed by atoms with Gasteiger partial charge in [0.25, 0.3) is 0 Å². The highest BCUT2D eigenvalue weighted by Crippen LogP contribution is 2.47. The van der Waals surface area contributed by atoms with Crippen LogP contribution in [-0.4, -0.2) is 17.0 Å². The summed E-state index contributed by atoms with van der Waals surface area (Å²) in [7, 11) is 1.98. The summed E-state index contributed by atoms with van der Waals surface area (Å²) in [5, 5.41) is 10.6. The van der Waals surface area contributed by atoms with E-state index in [2.05, 4.69) is 28.2 Å². The van der Waals surface area contributed by atoms with Gasteiger partial charge in [0.05, 0.1) is 16.7 Å². The number of fused-ring (bicyclic) bond motifs is 2. The number of rotatable bonds is 1. The maximum atomic E-state index is 9.65. The summed E-state index contributed by atoms with van der Waals surface area (Å²) in [6.07, 6.45) is 0. The van der Waals surface area contributed by atoms with E-state index in [0.717, 1.165) is 26.6 Å². The predicted molar refractivity (Wildman–Crippen MR) is 89.3 cm³/mol. The molecule has 0 radical (unpaired) electrons. The zero-order chi connectivity index (χ0) is 15.1. The molecule has 1 aliphatic heterocycles. The molecule has 4 rings (SSSR count). The molecule has 1 N–H and O–H groups in total. The summed E-state index contributed by atoms with van der Waals surface area (Å²) < 4.78 is 0. The van der Waals surface area contributed by atoms with Gasteiger partial charge in [0.1, 0.15) is 16.7 Å². The first-order chi connectivity index (χ1) is 10.8. The summed E-state index contributed by atoms with van der Waals surface area (Å²) >= 11 is 1.60. The van der Waals surface area contributed by atoms with Crippen LogP contribution >= 0.6 is 11.8 Å². The third-order valence-electron chi connectivity index (χ3n) is 3.69. The molecule has 0 amide bonds. The molecule has 0 fully saturated rings. The molecule has 0 aliphatic carbocycles. The number of H-pyrrole nitrogens is 1. The Bertz CT molecular complexity index is 915. The summed E-state index contributed by atoms with van der Waals surface area (Å²) in [5.41, 5.74) is 3.49. The maximum Gasteiger partial charge on any atom is 0.151 e. The van der Waals surface area contributed by atoms with Crippen molar-refractivity contribution in [2.45, 2.75) is 4.90 Å². The molecule has 1 aliphatic rings. The quantitative estimate of drug-likeness (QED) is 0.690. The lowest BCUT2D eigenvalue weighted by Gasteiger charge is -2.14. The second kappa shape index (κ2) is 4.93. The van der Waals surface area contributed by atoms with Crippen molar-refractivity contribution in [1.82, 2.24) is 9.97 Å². The van der Waals surface area contributed by atoms with Crippen LogP contribution < -0.4 is 4.90 Å². The van der Waals surface area contributed by atoms with E-state index in [-0.39, 0.29) is 0 Å². The first-order valence-electron chi connectivity index (χ1n) is 6.88. The molecule has 3 aromatic rings. The highest BCUT2D eigenvalue weighted by molar-refractivity contribution is 8.04. The largest absolute Gasteiger partial charge is 0.337 e. The van der Waals surface area contributed by atoms with Gasteiger partial charge >= 0.3 is 0 Å². The number of hydrogen-bond donors (Lipinski definition) is 1. The number of nitrogens with zero attached hydrogens (tertiary/aromatic N) is 3. The predicted octanol–water partition coefficient (Wildman–Crippen LogP) is 4.00. The molecule has 2 aromatic carbocycles. The summed E-state index contributed by atoms with van der Waals surface area (Å²) in [6, 6.07) is 18.3. The van der Waals surface area contributed by atoms with Crippen molar-refractivity contribution in [2.24, 2.45) is 0 Å². The van der Waals surface area contributed by atoms with Crippen molar-refractivity contribution in [1.29, 1.82) is 5.26 Å². The smallest absolute Gasteiger partial charge is 0.151 e. The van der Waals surface area contributed by atoms with Gasteiger partial charge in [-0.25, -0.2) is 4.98 Å². The average molecular weight is 304 g/mol. The van der Waals surface area contributed by atoms with Gasteiger partial charge in [0, 0.05) is 11.9 Å². The number of thioether (sulfide) groups is 1. The van der Waals surface area contributed by atoms with E-state index >= 15 is 0 Å². The minimum absolute atomic E-state index is 0.569. The molecule has 0 bridgehead atoms. The third-order valence-corrected chi connectivity index (χ3v) is 4.93. The van der Waals surface area contributed by atoms with E-state index in [1.807, 2.05) is 48.3 Å². The highest BCUT2D eigenvalue weighted by Gasteiger charge is 2.26. The molecule has 0 unspecified atom stereocenters. The zero-order valence-corrected chi connectivity index (χ0v) is 12.7. The van der Waals surface area contributed by atoms with Crippen LogP contribution in [0.3, 0.4) is 0 Å². The van der Waals surface area contributed by atoms with Crippen LogP contribution in [0, 0.1) is 11.3 Å². The fourth-order valence-corrected chi connectivity index (χ4v) is 3.74. The lowest BCUT2D eigenvalue weighted by Crippen LogP contribution is -2.11. The first-order valence-corrected chi connectivity index (χ1v) is 7.69. The van der Waals surface area contributed by atoms with E-state index in [1.165, 1.54) is 0 Å². The molecule has 5 heteroatoms. The lowest BCUT2D eigenvalue weighted by molar-refractivity contribution is 1.16. The molecule has 2 heterocycles. The van der Waals surface area contributed by atoms with Crippen LogP contribution in [0.1, 0.15) is 5.82 Å². The van der Waals surface area contributed by atoms with Crippen molar-refractivity contribution >= 4 is 34.1 Å². The number of aromatic nitrogens is 2. The molecule has 0 saturated carbocycles. The van der Waals surface area contributed by atoms with E-state index in [1.54, 1.807) is 11.8 Å². The molecule has 4 nitrogen and oxygen atoms in total. The highest BCUT2D eigenvalue weighted by atomic mass is 32.2. The maximum absolute atomic E-state index is 9.65. The van der Waals surface area contributed by atoms with Gasteiger partial charge in [-0.1, -0.05) is 36.0 Å². The number of anilines is 1. The third kappa shape index (κ3) is 1.89. The Hall–Kier alpha value is -2.71. The number of benzene rings is 2. The Labute approximate surface area is 132 Å². The van der Waals surface area contributed by atoms with Gasteiger partial charge in [-0.3, -0.25) is 0 Å². The normalized spacial score (nSPS) is 15.7. The fraction of sp³-hybridized carbons (Fsp3) is 0.0588. The monoisotopic (exact) mass is 304 g/mol. The summed E-state index contributed by atoms with van der Waals surface area (Å²) in [5.74, 6) is 0.617. The number of hydrogen-bond acceptors (Lipinski definition) is 4. The minimum Gasteiger partial charge on any atom is -0.337 e. The van der Waals surface area contributed by atoms with E-state index < -0.39 is 0 Å². The van der Waals surface area contributed by atoms with Gasteiger partial charge in [-0.2, -0.15) is 5.26 Å².